The molecule has 0 spiro atoms. The molecular weight excluding hydrogens is 270 g/mol. The van der Waals surface area contributed by atoms with Gasteiger partial charge in [0.1, 0.15) is 11.6 Å². The van der Waals surface area contributed by atoms with E-state index < -0.39 is 0 Å². The minimum absolute atomic E-state index is 0.171. The van der Waals surface area contributed by atoms with Gasteiger partial charge >= 0.3 is 0 Å². The number of hydrogen-bond acceptors (Lipinski definition) is 6. The van der Waals surface area contributed by atoms with Crippen LogP contribution in [0.25, 0.3) is 0 Å². The molecule has 0 aromatic carbocycles. The lowest BCUT2D eigenvalue weighted by Crippen LogP contribution is -2.46. The molecule has 21 heavy (non-hydrogen) atoms. The number of H-pyrrole nitrogens is 1. The fourth-order valence-corrected chi connectivity index (χ4v) is 2.70. The number of rotatable bonds is 5. The third-order valence-corrected chi connectivity index (χ3v) is 3.75. The molecule has 1 saturated heterocycles. The molecule has 1 unspecified atom stereocenters. The molecule has 112 valence electrons. The average molecular weight is 289 g/mol. The van der Waals surface area contributed by atoms with Crippen LogP contribution in [0.1, 0.15) is 25.0 Å². The Bertz CT molecular complexity index is 590. The Labute approximate surface area is 122 Å². The summed E-state index contributed by atoms with van der Waals surface area (Å²) >= 11 is 0. The highest BCUT2D eigenvalue weighted by molar-refractivity contribution is 5.38. The Morgan fingerprint density at radius 2 is 2.38 bits per heavy atom. The van der Waals surface area contributed by atoms with Gasteiger partial charge in [-0.2, -0.15) is 5.10 Å². The predicted octanol–water partition coefficient (Wildman–Crippen LogP) is 0.907. The second-order valence-electron chi connectivity index (χ2n) is 5.22. The first kappa shape index (κ1) is 13.8. The third kappa shape index (κ3) is 3.49. The Morgan fingerprint density at radius 1 is 1.43 bits per heavy atom. The minimum Gasteiger partial charge on any atom is -0.447 e. The Balaban J connectivity index is 1.61. The van der Waals surface area contributed by atoms with Gasteiger partial charge in [-0.3, -0.25) is 4.79 Å². The molecule has 0 bridgehead atoms. The van der Waals surface area contributed by atoms with Crippen LogP contribution in [0.4, 0.5) is 5.82 Å². The normalized spacial score (nSPS) is 18.9. The van der Waals surface area contributed by atoms with Crippen LogP contribution >= 0.6 is 0 Å². The van der Waals surface area contributed by atoms with E-state index in [4.69, 9.17) is 4.42 Å². The maximum Gasteiger partial charge on any atom is 0.264 e. The van der Waals surface area contributed by atoms with E-state index in [1.54, 1.807) is 12.3 Å². The topological polar surface area (TPSA) is 87.1 Å². The number of piperidine rings is 1. The molecule has 7 nitrogen and oxygen atoms in total. The second kappa shape index (κ2) is 6.53. The lowest BCUT2D eigenvalue weighted by Gasteiger charge is -2.36. The number of aromatic nitrogens is 3. The van der Waals surface area contributed by atoms with Gasteiger partial charge in [0.25, 0.3) is 5.56 Å². The Kier molecular flexibility index (Phi) is 4.30. The number of nitrogens with zero attached hydrogens (tertiary/aromatic N) is 3. The third-order valence-electron chi connectivity index (χ3n) is 3.75. The molecule has 0 amide bonds. The van der Waals surface area contributed by atoms with E-state index in [1.165, 1.54) is 18.9 Å². The van der Waals surface area contributed by atoms with E-state index in [9.17, 15) is 4.79 Å². The van der Waals surface area contributed by atoms with E-state index in [0.717, 1.165) is 37.5 Å². The van der Waals surface area contributed by atoms with Gasteiger partial charge in [-0.1, -0.05) is 0 Å². The maximum absolute atomic E-state index is 11.1. The molecule has 0 radical (unpaired) electrons. The van der Waals surface area contributed by atoms with Gasteiger partial charge in [0.15, 0.2) is 6.39 Å². The monoisotopic (exact) mass is 289 g/mol. The number of anilines is 1. The number of nitrogens with one attached hydrogen (secondary N) is 2. The van der Waals surface area contributed by atoms with Gasteiger partial charge in [0.2, 0.25) is 0 Å². The molecule has 2 aromatic heterocycles. The zero-order valence-corrected chi connectivity index (χ0v) is 11.8. The highest BCUT2D eigenvalue weighted by Crippen LogP contribution is 2.21. The number of oxazole rings is 1. The summed E-state index contributed by atoms with van der Waals surface area (Å²) in [6.07, 6.45) is 6.64. The molecular formula is C14H19N5O2. The largest absolute Gasteiger partial charge is 0.447 e. The Hall–Kier alpha value is -2.15. The van der Waals surface area contributed by atoms with Gasteiger partial charge in [0, 0.05) is 25.2 Å². The summed E-state index contributed by atoms with van der Waals surface area (Å²) in [7, 11) is 0. The molecule has 0 saturated carbocycles. The lowest BCUT2D eigenvalue weighted by molar-refractivity contribution is 0.415. The zero-order chi connectivity index (χ0) is 14.5. The molecule has 1 aliphatic rings. The first-order valence-electron chi connectivity index (χ1n) is 7.23. The van der Waals surface area contributed by atoms with Crippen LogP contribution < -0.4 is 15.8 Å². The molecule has 1 fully saturated rings. The van der Waals surface area contributed by atoms with Gasteiger partial charge < -0.3 is 14.6 Å². The molecule has 3 rings (SSSR count). The standard InChI is InChI=1S/C14H19N5O2/c20-14-5-4-13(17-18-14)19-6-2-1-3-11(19)7-15-8-12-9-16-10-21-12/h4-5,9-11,15H,1-3,6-8H2,(H,18,20). The van der Waals surface area contributed by atoms with Crippen LogP contribution in [0, 0.1) is 0 Å². The fraction of sp³-hybridized carbons (Fsp3) is 0.500. The van der Waals surface area contributed by atoms with E-state index in [-0.39, 0.29) is 5.56 Å². The summed E-state index contributed by atoms with van der Waals surface area (Å²) in [6.45, 7) is 2.48. The number of aromatic amines is 1. The fourth-order valence-electron chi connectivity index (χ4n) is 2.70. The van der Waals surface area contributed by atoms with Gasteiger partial charge in [-0.05, 0) is 25.3 Å². The van der Waals surface area contributed by atoms with E-state index in [0.29, 0.717) is 12.6 Å². The minimum atomic E-state index is -0.171. The van der Waals surface area contributed by atoms with Crippen molar-refractivity contribution in [1.82, 2.24) is 20.5 Å². The van der Waals surface area contributed by atoms with E-state index in [1.807, 2.05) is 0 Å². The van der Waals surface area contributed by atoms with Crippen molar-refractivity contribution in [2.45, 2.75) is 31.8 Å². The van der Waals surface area contributed by atoms with Gasteiger partial charge in [-0.25, -0.2) is 10.1 Å². The van der Waals surface area contributed by atoms with Crippen molar-refractivity contribution in [2.75, 3.05) is 18.0 Å². The highest BCUT2D eigenvalue weighted by Gasteiger charge is 2.23. The number of hydrogen-bond donors (Lipinski definition) is 2. The molecule has 2 N–H and O–H groups in total. The summed E-state index contributed by atoms with van der Waals surface area (Å²) in [5, 5.41) is 10.0. The maximum atomic E-state index is 11.1. The molecule has 0 aliphatic carbocycles. The van der Waals surface area contributed by atoms with Gasteiger partial charge in [-0.15, -0.1) is 0 Å². The highest BCUT2D eigenvalue weighted by atomic mass is 16.3. The van der Waals surface area contributed by atoms with Crippen molar-refractivity contribution in [2.24, 2.45) is 0 Å². The first-order valence-corrected chi connectivity index (χ1v) is 7.23. The van der Waals surface area contributed by atoms with Crippen molar-refractivity contribution < 1.29 is 4.42 Å². The smallest absolute Gasteiger partial charge is 0.264 e. The van der Waals surface area contributed by atoms with Crippen molar-refractivity contribution >= 4 is 5.82 Å². The molecule has 7 heteroatoms. The summed E-state index contributed by atoms with van der Waals surface area (Å²) in [4.78, 5) is 17.3. The molecule has 1 aliphatic heterocycles. The average Bonchev–Trinajstić information content (AvgIpc) is 3.02. The molecule has 1 atom stereocenters. The van der Waals surface area contributed by atoms with Crippen molar-refractivity contribution in [3.63, 3.8) is 0 Å². The van der Waals surface area contributed by atoms with Crippen LogP contribution in [0.2, 0.25) is 0 Å². The zero-order valence-electron chi connectivity index (χ0n) is 11.8. The van der Waals surface area contributed by atoms with Crippen LogP contribution in [0.3, 0.4) is 0 Å². The summed E-state index contributed by atoms with van der Waals surface area (Å²) in [5.41, 5.74) is -0.171. The van der Waals surface area contributed by atoms with Crippen LogP contribution in [-0.4, -0.2) is 34.3 Å². The van der Waals surface area contributed by atoms with Crippen molar-refractivity contribution in [3.05, 3.63) is 40.8 Å². The first-order chi connectivity index (χ1) is 10.3. The Morgan fingerprint density at radius 3 is 3.14 bits per heavy atom. The molecule has 2 aromatic rings. The van der Waals surface area contributed by atoms with E-state index in [2.05, 4.69) is 25.4 Å². The van der Waals surface area contributed by atoms with Crippen LogP contribution in [-0.2, 0) is 6.54 Å². The summed E-state index contributed by atoms with van der Waals surface area (Å²) in [5.74, 6) is 1.67. The van der Waals surface area contributed by atoms with Crippen molar-refractivity contribution in [3.8, 4) is 0 Å². The van der Waals surface area contributed by atoms with Crippen molar-refractivity contribution in [1.29, 1.82) is 0 Å². The second-order valence-corrected chi connectivity index (χ2v) is 5.22. The SMILES string of the molecule is O=c1ccc(N2CCCCC2CNCc2cnco2)n[nH]1. The van der Waals surface area contributed by atoms with Crippen LogP contribution in [0.15, 0.2) is 33.9 Å². The van der Waals surface area contributed by atoms with Gasteiger partial charge in [0.05, 0.1) is 12.7 Å². The van der Waals surface area contributed by atoms with Crippen LogP contribution in [0.5, 0.6) is 0 Å². The quantitative estimate of drug-likeness (QED) is 0.850. The molecule has 3 heterocycles. The lowest BCUT2D eigenvalue weighted by atomic mass is 10.0. The summed E-state index contributed by atoms with van der Waals surface area (Å²) in [6, 6.07) is 3.68. The predicted molar refractivity (Wildman–Crippen MR) is 78.1 cm³/mol. The summed E-state index contributed by atoms with van der Waals surface area (Å²) < 4.78 is 5.21. The van der Waals surface area contributed by atoms with E-state index >= 15 is 0 Å².